The van der Waals surface area contributed by atoms with Crippen molar-refractivity contribution in [1.29, 1.82) is 0 Å². The number of urea groups is 1. The summed E-state index contributed by atoms with van der Waals surface area (Å²) in [5.41, 5.74) is 0. The van der Waals surface area contributed by atoms with E-state index in [1.54, 1.807) is 0 Å². The van der Waals surface area contributed by atoms with Crippen LogP contribution in [0.25, 0.3) is 0 Å². The number of nitrogens with one attached hydrogen (secondary N) is 2. The molecular formula is C11H15F2N5O3S. The van der Waals surface area contributed by atoms with Gasteiger partial charge >= 0.3 is 12.1 Å². The Morgan fingerprint density at radius 1 is 1.45 bits per heavy atom. The zero-order chi connectivity index (χ0) is 16.1. The van der Waals surface area contributed by atoms with E-state index >= 15 is 0 Å². The number of carbonyl (C=O) groups excluding carboxylic acids is 2. The molecule has 1 aliphatic rings. The number of likely N-dealkylation sites (tertiary alicyclic amines) is 1. The van der Waals surface area contributed by atoms with Crippen LogP contribution < -0.4 is 10.6 Å². The van der Waals surface area contributed by atoms with Crippen molar-refractivity contribution in [2.75, 3.05) is 25.5 Å². The molecule has 0 spiro atoms. The number of aromatic nitrogens is 2. The minimum Gasteiger partial charge on any atom is -0.453 e. The van der Waals surface area contributed by atoms with Crippen LogP contribution in [0.5, 0.6) is 0 Å². The fourth-order valence-corrected chi connectivity index (χ4v) is 2.68. The Balaban J connectivity index is 1.84. The average molecular weight is 335 g/mol. The third-order valence-corrected chi connectivity index (χ3v) is 3.88. The van der Waals surface area contributed by atoms with Gasteiger partial charge in [0.15, 0.2) is 5.01 Å². The van der Waals surface area contributed by atoms with Crippen molar-refractivity contribution in [3.05, 3.63) is 5.01 Å². The smallest absolute Gasteiger partial charge is 0.409 e. The summed E-state index contributed by atoms with van der Waals surface area (Å²) < 4.78 is 29.4. The number of halogens is 2. The Morgan fingerprint density at radius 2 is 2.23 bits per heavy atom. The van der Waals surface area contributed by atoms with Gasteiger partial charge in [-0.05, 0) is 12.8 Å². The number of hydrogen-bond acceptors (Lipinski definition) is 6. The van der Waals surface area contributed by atoms with Gasteiger partial charge in [-0.1, -0.05) is 11.3 Å². The average Bonchev–Trinajstić information content (AvgIpc) is 2.95. The van der Waals surface area contributed by atoms with Crippen LogP contribution in [0.2, 0.25) is 0 Å². The van der Waals surface area contributed by atoms with Crippen LogP contribution in [0.4, 0.5) is 23.5 Å². The van der Waals surface area contributed by atoms with Gasteiger partial charge in [0.25, 0.3) is 6.43 Å². The number of piperidine rings is 1. The van der Waals surface area contributed by atoms with Gasteiger partial charge < -0.3 is 15.0 Å². The molecule has 22 heavy (non-hydrogen) atoms. The zero-order valence-electron chi connectivity index (χ0n) is 11.7. The number of methoxy groups -OCH3 is 1. The lowest BCUT2D eigenvalue weighted by atomic mass is 10.1. The highest BCUT2D eigenvalue weighted by Crippen LogP contribution is 2.25. The number of nitrogens with zero attached hydrogens (tertiary/aromatic N) is 3. The second-order valence-electron chi connectivity index (χ2n) is 4.60. The first-order chi connectivity index (χ1) is 10.5. The van der Waals surface area contributed by atoms with Crippen LogP contribution in [-0.4, -0.2) is 53.5 Å². The largest absolute Gasteiger partial charge is 0.453 e. The molecule has 0 aliphatic carbocycles. The van der Waals surface area contributed by atoms with Crippen molar-refractivity contribution in [3.8, 4) is 0 Å². The summed E-state index contributed by atoms with van der Waals surface area (Å²) in [4.78, 5) is 24.7. The lowest BCUT2D eigenvalue weighted by molar-refractivity contribution is 0.108. The molecule has 1 saturated heterocycles. The Labute approximate surface area is 128 Å². The van der Waals surface area contributed by atoms with Crippen LogP contribution in [0, 0.1) is 0 Å². The molecule has 1 aromatic rings. The van der Waals surface area contributed by atoms with Crippen LogP contribution >= 0.6 is 11.3 Å². The van der Waals surface area contributed by atoms with E-state index < -0.39 is 23.6 Å². The zero-order valence-corrected chi connectivity index (χ0v) is 12.5. The first-order valence-electron chi connectivity index (χ1n) is 6.51. The Morgan fingerprint density at radius 3 is 2.86 bits per heavy atom. The van der Waals surface area contributed by atoms with E-state index in [-0.39, 0.29) is 11.2 Å². The van der Waals surface area contributed by atoms with Crippen molar-refractivity contribution >= 4 is 28.6 Å². The van der Waals surface area contributed by atoms with Gasteiger partial charge in [0.05, 0.1) is 7.11 Å². The molecule has 2 rings (SSSR count). The predicted octanol–water partition coefficient (Wildman–Crippen LogP) is 1.83. The van der Waals surface area contributed by atoms with Crippen molar-refractivity contribution in [3.63, 3.8) is 0 Å². The molecule has 1 fully saturated rings. The first-order valence-corrected chi connectivity index (χ1v) is 7.33. The number of amides is 3. The van der Waals surface area contributed by atoms with Gasteiger partial charge in [-0.3, -0.25) is 5.32 Å². The molecule has 8 nitrogen and oxygen atoms in total. The van der Waals surface area contributed by atoms with E-state index in [4.69, 9.17) is 0 Å². The van der Waals surface area contributed by atoms with E-state index in [1.807, 2.05) is 0 Å². The van der Waals surface area contributed by atoms with E-state index in [0.29, 0.717) is 30.8 Å². The summed E-state index contributed by atoms with van der Waals surface area (Å²) in [6.45, 7) is 0.902. The molecule has 0 bridgehead atoms. The van der Waals surface area contributed by atoms with E-state index in [9.17, 15) is 18.4 Å². The fraction of sp³-hybridized carbons (Fsp3) is 0.636. The Kier molecular flexibility index (Phi) is 5.41. The summed E-state index contributed by atoms with van der Waals surface area (Å²) in [5, 5.41) is 11.3. The molecule has 0 saturated carbocycles. The maximum Gasteiger partial charge on any atom is 0.409 e. The molecule has 0 unspecified atom stereocenters. The highest BCUT2D eigenvalue weighted by molar-refractivity contribution is 7.15. The topological polar surface area (TPSA) is 96.5 Å². The molecule has 0 aromatic carbocycles. The quantitative estimate of drug-likeness (QED) is 0.878. The maximum absolute atomic E-state index is 12.4. The normalized spacial score (nSPS) is 18.2. The molecule has 122 valence electrons. The maximum atomic E-state index is 12.4. The number of rotatable bonds is 3. The number of anilines is 1. The minimum atomic E-state index is -2.72. The summed E-state index contributed by atoms with van der Waals surface area (Å²) >= 11 is 0.612. The Bertz CT molecular complexity index is 542. The molecule has 11 heteroatoms. The van der Waals surface area contributed by atoms with E-state index in [2.05, 4.69) is 25.6 Å². The lowest BCUT2D eigenvalue weighted by Crippen LogP contribution is -2.50. The monoisotopic (exact) mass is 335 g/mol. The summed E-state index contributed by atoms with van der Waals surface area (Å²) in [7, 11) is 1.29. The van der Waals surface area contributed by atoms with Gasteiger partial charge in [-0.15, -0.1) is 10.2 Å². The van der Waals surface area contributed by atoms with Gasteiger partial charge in [-0.2, -0.15) is 0 Å². The fourth-order valence-electron chi connectivity index (χ4n) is 2.08. The third kappa shape index (κ3) is 4.23. The van der Waals surface area contributed by atoms with Crippen molar-refractivity contribution in [2.45, 2.75) is 25.3 Å². The van der Waals surface area contributed by atoms with Crippen molar-refractivity contribution < 1.29 is 23.1 Å². The number of carbonyl (C=O) groups is 2. The minimum absolute atomic E-state index is 0.00608. The lowest BCUT2D eigenvalue weighted by Gasteiger charge is -2.31. The van der Waals surface area contributed by atoms with Crippen LogP contribution in [0.1, 0.15) is 24.3 Å². The molecule has 2 N–H and O–H groups in total. The highest BCUT2D eigenvalue weighted by atomic mass is 32.1. The predicted molar refractivity (Wildman–Crippen MR) is 74.0 cm³/mol. The number of alkyl halides is 2. The molecule has 0 radical (unpaired) electrons. The molecule has 1 aliphatic heterocycles. The molecule has 1 atom stereocenters. The standard InChI is InChI=1S/C11H15F2N5O3S/c1-21-11(20)18-4-2-3-6(5-18)14-9(19)15-10-17-16-8(22-10)7(12)13/h6-7H,2-5H2,1H3,(H2,14,15,17,19)/t6-/m0/s1. The van der Waals surface area contributed by atoms with Crippen LogP contribution in [0.15, 0.2) is 0 Å². The van der Waals surface area contributed by atoms with Crippen molar-refractivity contribution in [1.82, 2.24) is 20.4 Å². The van der Waals surface area contributed by atoms with Crippen molar-refractivity contribution in [2.24, 2.45) is 0 Å². The summed E-state index contributed by atoms with van der Waals surface area (Å²) in [6, 6.07) is -0.816. The van der Waals surface area contributed by atoms with Crippen LogP contribution in [0.3, 0.4) is 0 Å². The van der Waals surface area contributed by atoms with E-state index in [0.717, 1.165) is 6.42 Å². The Hall–Kier alpha value is -2.04. The molecule has 2 heterocycles. The van der Waals surface area contributed by atoms with E-state index in [1.165, 1.54) is 12.0 Å². The van der Waals surface area contributed by atoms with Gasteiger partial charge in [-0.25, -0.2) is 18.4 Å². The highest BCUT2D eigenvalue weighted by Gasteiger charge is 2.25. The van der Waals surface area contributed by atoms with Gasteiger partial charge in [0.2, 0.25) is 5.13 Å². The van der Waals surface area contributed by atoms with Gasteiger partial charge in [0.1, 0.15) is 0 Å². The second-order valence-corrected chi connectivity index (χ2v) is 5.61. The summed E-state index contributed by atoms with van der Waals surface area (Å²) in [5.74, 6) is 0. The number of ether oxygens (including phenoxy) is 1. The first kappa shape index (κ1) is 16.3. The number of hydrogen-bond donors (Lipinski definition) is 2. The molecular weight excluding hydrogens is 320 g/mol. The second kappa shape index (κ2) is 7.29. The van der Waals surface area contributed by atoms with Crippen LogP contribution in [-0.2, 0) is 4.74 Å². The van der Waals surface area contributed by atoms with Gasteiger partial charge in [0, 0.05) is 19.1 Å². The summed E-state index contributed by atoms with van der Waals surface area (Å²) in [6.07, 6.45) is -1.73. The molecule has 1 aromatic heterocycles. The SMILES string of the molecule is COC(=O)N1CCC[C@H](NC(=O)Nc2nnc(C(F)F)s2)C1. The molecule has 3 amide bonds. The third-order valence-electron chi connectivity index (χ3n) is 3.04.